The number of ether oxygens (including phenoxy) is 1. The molecule has 0 saturated heterocycles. The number of rotatable bonds is 9. The molecule has 8 nitrogen and oxygen atoms in total. The number of alkyl carbamates (subject to hydrolysis) is 1. The summed E-state index contributed by atoms with van der Waals surface area (Å²) in [7, 11) is 0. The van der Waals surface area contributed by atoms with Crippen LogP contribution in [-0.2, 0) is 14.3 Å². The molecule has 0 bridgehead atoms. The van der Waals surface area contributed by atoms with Crippen LogP contribution in [0.1, 0.15) is 44.2 Å². The minimum absolute atomic E-state index is 0.0268. The molecule has 0 aliphatic heterocycles. The Morgan fingerprint density at radius 3 is 2.03 bits per heavy atom. The Balaban J connectivity index is 1.71. The van der Waals surface area contributed by atoms with E-state index < -0.39 is 36.5 Å². The van der Waals surface area contributed by atoms with E-state index >= 15 is 0 Å². The first-order valence-corrected chi connectivity index (χ1v) is 11.0. The highest BCUT2D eigenvalue weighted by Gasteiger charge is 2.32. The van der Waals surface area contributed by atoms with Crippen LogP contribution in [0, 0.1) is 0 Å². The molecule has 0 heterocycles. The van der Waals surface area contributed by atoms with Crippen LogP contribution >= 0.6 is 0 Å². The number of aliphatic hydroxyl groups is 1. The van der Waals surface area contributed by atoms with E-state index in [0.29, 0.717) is 0 Å². The van der Waals surface area contributed by atoms with Gasteiger partial charge in [-0.1, -0.05) is 48.5 Å². The van der Waals surface area contributed by atoms with Crippen LogP contribution in [0.25, 0.3) is 11.1 Å². The first-order valence-electron chi connectivity index (χ1n) is 11.0. The Bertz CT molecular complexity index is 974. The van der Waals surface area contributed by atoms with Crippen LogP contribution in [-0.4, -0.2) is 64.4 Å². The molecule has 1 aliphatic carbocycles. The summed E-state index contributed by atoms with van der Waals surface area (Å²) in [5, 5.41) is 21.4. The molecule has 2 aromatic carbocycles. The zero-order chi connectivity index (χ0) is 24.1. The topological polar surface area (TPSA) is 116 Å². The largest absolute Gasteiger partial charge is 0.481 e. The van der Waals surface area contributed by atoms with Crippen molar-refractivity contribution in [2.24, 2.45) is 0 Å². The molecule has 0 spiro atoms. The number of nitrogens with zero attached hydrogens (tertiary/aromatic N) is 1. The van der Waals surface area contributed by atoms with Gasteiger partial charge in [-0.2, -0.15) is 0 Å². The molecule has 2 amide bonds. The predicted molar refractivity (Wildman–Crippen MR) is 123 cm³/mol. The molecule has 2 aromatic rings. The lowest BCUT2D eigenvalue weighted by molar-refractivity contribution is -0.144. The van der Waals surface area contributed by atoms with Gasteiger partial charge in [0.15, 0.2) is 0 Å². The lowest BCUT2D eigenvalue weighted by Crippen LogP contribution is -2.53. The van der Waals surface area contributed by atoms with Gasteiger partial charge < -0.3 is 25.2 Å². The van der Waals surface area contributed by atoms with Gasteiger partial charge in [0.25, 0.3) is 0 Å². The number of benzene rings is 2. The number of fused-ring (bicyclic) bond motifs is 3. The summed E-state index contributed by atoms with van der Waals surface area (Å²) < 4.78 is 5.46. The number of carbonyl (C=O) groups is 3. The van der Waals surface area contributed by atoms with Gasteiger partial charge in [-0.15, -0.1) is 0 Å². The molecular weight excluding hydrogens is 424 g/mol. The monoisotopic (exact) mass is 454 g/mol. The van der Waals surface area contributed by atoms with Crippen LogP contribution in [0.15, 0.2) is 48.5 Å². The molecule has 0 saturated carbocycles. The fraction of sp³-hybridized carbons (Fsp3) is 0.400. The summed E-state index contributed by atoms with van der Waals surface area (Å²) in [5.74, 6) is -1.96. The Morgan fingerprint density at radius 2 is 1.55 bits per heavy atom. The van der Waals surface area contributed by atoms with Gasteiger partial charge in [-0.25, -0.2) is 4.79 Å². The van der Waals surface area contributed by atoms with Gasteiger partial charge >= 0.3 is 12.1 Å². The fourth-order valence-corrected chi connectivity index (χ4v) is 4.20. The van der Waals surface area contributed by atoms with Crippen molar-refractivity contribution < 1.29 is 29.3 Å². The van der Waals surface area contributed by atoms with E-state index in [1.165, 1.54) is 11.8 Å². The average molecular weight is 455 g/mol. The molecule has 2 unspecified atom stereocenters. The van der Waals surface area contributed by atoms with Crippen molar-refractivity contribution in [2.75, 3.05) is 13.2 Å². The average Bonchev–Trinajstić information content (AvgIpc) is 3.08. The van der Waals surface area contributed by atoms with Crippen molar-refractivity contribution in [1.29, 1.82) is 0 Å². The van der Waals surface area contributed by atoms with Crippen molar-refractivity contribution in [3.05, 3.63) is 59.7 Å². The van der Waals surface area contributed by atoms with Crippen molar-refractivity contribution >= 4 is 18.0 Å². The third-order valence-electron chi connectivity index (χ3n) is 5.68. The maximum absolute atomic E-state index is 13.0. The number of carboxylic acids is 1. The van der Waals surface area contributed by atoms with E-state index in [2.05, 4.69) is 5.32 Å². The van der Waals surface area contributed by atoms with E-state index in [1.807, 2.05) is 48.5 Å². The van der Waals surface area contributed by atoms with Crippen LogP contribution in [0.4, 0.5) is 4.79 Å². The summed E-state index contributed by atoms with van der Waals surface area (Å²) in [6.45, 7) is 5.12. The third-order valence-corrected chi connectivity index (χ3v) is 5.68. The molecule has 0 aromatic heterocycles. The first kappa shape index (κ1) is 24.3. The molecular formula is C25H30N2O6. The Kier molecular flexibility index (Phi) is 7.71. The summed E-state index contributed by atoms with van der Waals surface area (Å²) in [4.78, 5) is 38.2. The summed E-state index contributed by atoms with van der Waals surface area (Å²) in [5.41, 5.74) is 4.28. The molecule has 176 valence electrons. The highest BCUT2D eigenvalue weighted by Crippen LogP contribution is 2.44. The maximum Gasteiger partial charge on any atom is 0.407 e. The Labute approximate surface area is 193 Å². The number of hydrogen-bond donors (Lipinski definition) is 3. The number of carbonyl (C=O) groups excluding carboxylic acids is 2. The molecule has 8 heteroatoms. The van der Waals surface area contributed by atoms with Gasteiger partial charge in [0, 0.05) is 18.5 Å². The van der Waals surface area contributed by atoms with Crippen LogP contribution in [0.5, 0.6) is 0 Å². The second kappa shape index (κ2) is 10.5. The lowest BCUT2D eigenvalue weighted by Gasteiger charge is -2.31. The van der Waals surface area contributed by atoms with E-state index in [-0.39, 0.29) is 25.1 Å². The van der Waals surface area contributed by atoms with Crippen molar-refractivity contribution in [3.63, 3.8) is 0 Å². The quantitative estimate of drug-likeness (QED) is 0.536. The van der Waals surface area contributed by atoms with Crippen molar-refractivity contribution in [2.45, 2.75) is 51.3 Å². The third kappa shape index (κ3) is 5.70. The zero-order valence-corrected chi connectivity index (χ0v) is 19.0. The van der Waals surface area contributed by atoms with Crippen LogP contribution < -0.4 is 5.32 Å². The molecule has 0 radical (unpaired) electrons. The molecule has 2 atom stereocenters. The smallest absolute Gasteiger partial charge is 0.407 e. The Morgan fingerprint density at radius 1 is 1.00 bits per heavy atom. The normalized spacial score (nSPS) is 14.2. The predicted octanol–water partition coefficient (Wildman–Crippen LogP) is 2.99. The second-order valence-electron chi connectivity index (χ2n) is 8.55. The fourth-order valence-electron chi connectivity index (χ4n) is 4.20. The van der Waals surface area contributed by atoms with E-state index in [4.69, 9.17) is 4.74 Å². The molecule has 3 rings (SSSR count). The van der Waals surface area contributed by atoms with E-state index in [9.17, 15) is 24.6 Å². The number of nitrogens with one attached hydrogen (secondary N) is 1. The highest BCUT2D eigenvalue weighted by atomic mass is 16.5. The molecule has 1 aliphatic rings. The maximum atomic E-state index is 13.0. The van der Waals surface area contributed by atoms with Gasteiger partial charge in [0.1, 0.15) is 12.6 Å². The number of hydrogen-bond acceptors (Lipinski definition) is 5. The lowest BCUT2D eigenvalue weighted by atomic mass is 9.98. The number of carboxylic acid groups (broad SMARTS) is 1. The highest BCUT2D eigenvalue weighted by molar-refractivity contribution is 5.89. The summed E-state index contributed by atoms with van der Waals surface area (Å²) in [6.07, 6.45) is -2.25. The van der Waals surface area contributed by atoms with Gasteiger partial charge in [-0.3, -0.25) is 9.59 Å². The van der Waals surface area contributed by atoms with Gasteiger partial charge in [-0.05, 0) is 43.0 Å². The zero-order valence-electron chi connectivity index (χ0n) is 19.0. The SMILES string of the molecule is CC(O)CN(C(=O)C(CC(=O)O)NC(=O)OCC1c2ccccc2-c2ccccc21)C(C)C. The molecule has 3 N–H and O–H groups in total. The first-order chi connectivity index (χ1) is 15.7. The number of aliphatic carboxylic acids is 1. The molecule has 0 fully saturated rings. The van der Waals surface area contributed by atoms with E-state index in [0.717, 1.165) is 22.3 Å². The van der Waals surface area contributed by atoms with Gasteiger partial charge in [0.2, 0.25) is 5.91 Å². The minimum Gasteiger partial charge on any atom is -0.481 e. The molecule has 33 heavy (non-hydrogen) atoms. The number of aliphatic hydroxyl groups excluding tert-OH is 1. The van der Waals surface area contributed by atoms with Crippen molar-refractivity contribution in [1.82, 2.24) is 10.2 Å². The Hall–Kier alpha value is -3.39. The number of amides is 2. The van der Waals surface area contributed by atoms with Crippen LogP contribution in [0.2, 0.25) is 0 Å². The van der Waals surface area contributed by atoms with Gasteiger partial charge in [0.05, 0.1) is 12.5 Å². The van der Waals surface area contributed by atoms with E-state index in [1.54, 1.807) is 13.8 Å². The van der Waals surface area contributed by atoms with Crippen LogP contribution in [0.3, 0.4) is 0 Å². The summed E-state index contributed by atoms with van der Waals surface area (Å²) >= 11 is 0. The second-order valence-corrected chi connectivity index (χ2v) is 8.55. The minimum atomic E-state index is -1.31. The standard InChI is InChI=1S/C25H30N2O6/c1-15(2)27(13-16(3)28)24(31)22(12-23(29)30)26-25(32)33-14-21-19-10-6-4-8-17(19)18-9-5-7-11-20(18)21/h4-11,15-16,21-22,28H,12-14H2,1-3H3,(H,26,32)(H,29,30). The summed E-state index contributed by atoms with van der Waals surface area (Å²) in [6, 6.07) is 14.2. The van der Waals surface area contributed by atoms with Crippen molar-refractivity contribution in [3.8, 4) is 11.1 Å².